The second-order valence-electron chi connectivity index (χ2n) is 22.5. The van der Waals surface area contributed by atoms with E-state index in [-0.39, 0.29) is 0 Å². The summed E-state index contributed by atoms with van der Waals surface area (Å²) in [5, 5.41) is 5.03. The van der Waals surface area contributed by atoms with Gasteiger partial charge in [-0.2, -0.15) is 0 Å². The highest BCUT2D eigenvalue weighted by molar-refractivity contribution is 5.90. The molecule has 356 valence electrons. The van der Waals surface area contributed by atoms with Gasteiger partial charge in [0.2, 0.25) is 11.4 Å². The number of fused-ring (bicyclic) bond motifs is 6. The number of nitrogens with zero attached hydrogens (tertiary/aromatic N) is 2. The van der Waals surface area contributed by atoms with Crippen LogP contribution in [0.3, 0.4) is 0 Å². The van der Waals surface area contributed by atoms with Crippen molar-refractivity contribution >= 4 is 21.5 Å². The maximum absolute atomic E-state index is 9.42. The first-order chi connectivity index (χ1) is 34.9. The fraction of sp³-hybridized carbons (Fsp3) is 0.382. The summed E-state index contributed by atoms with van der Waals surface area (Å²) < 4.78 is 31.6. The highest BCUT2D eigenvalue weighted by atomic mass is 14.9. The Morgan fingerprint density at radius 2 is 0.929 bits per heavy atom. The standard InChI is InChI=1S/2C34H38N/c1-22(2)33-21-35(4)34(31-11-6-5-8-23(31)3)20-32(33)29-15-14-26-16-28(13-12-27(26)17-29)30-18-24-9-7-10-25(24)19-30;1-22(2)33-21-35(4)34(30-8-6-5-7-23(30)3)20-32(33)29-16-14-26-18-28(15-13-27(26)19-29)31-17-24-9-11-25(31)12-10-24/h5-6,8,11-17,20-22,24-25,30H,7,9-10,18-19H2,1-4H3;5-8,13-16,18-22,24-25,31H,9-12,17H2,1-4H3/q2*+1/i22D;22D,31D. The fourth-order valence-electron chi connectivity index (χ4n) is 13.5. The number of rotatable bonds is 8. The average molecular weight is 924 g/mol. The summed E-state index contributed by atoms with van der Waals surface area (Å²) in [6, 6.07) is 49.1. The topological polar surface area (TPSA) is 7.76 Å². The molecule has 3 unspecified atom stereocenters. The molecule has 2 bridgehead atoms. The van der Waals surface area contributed by atoms with Gasteiger partial charge in [-0.1, -0.05) is 157 Å². The minimum absolute atomic E-state index is 0.424. The minimum Gasteiger partial charge on any atom is -0.201 e. The molecule has 0 amide bonds. The first-order valence-corrected chi connectivity index (χ1v) is 26.7. The molecule has 2 nitrogen and oxygen atoms in total. The van der Waals surface area contributed by atoms with Crippen LogP contribution in [0.5, 0.6) is 0 Å². The lowest BCUT2D eigenvalue weighted by molar-refractivity contribution is -0.660. The van der Waals surface area contributed by atoms with Crippen molar-refractivity contribution in [2.45, 2.75) is 129 Å². The summed E-state index contributed by atoms with van der Waals surface area (Å²) >= 11 is 0. The van der Waals surface area contributed by atoms with Gasteiger partial charge in [0.15, 0.2) is 12.4 Å². The third kappa shape index (κ3) is 9.06. The molecule has 0 aliphatic heterocycles. The van der Waals surface area contributed by atoms with Crippen molar-refractivity contribution in [2.24, 2.45) is 37.8 Å². The molecule has 6 aromatic carbocycles. The van der Waals surface area contributed by atoms with Crippen molar-refractivity contribution in [3.8, 4) is 44.8 Å². The summed E-state index contributed by atoms with van der Waals surface area (Å²) in [5.41, 5.74) is 16.7. The van der Waals surface area contributed by atoms with E-state index in [0.717, 1.165) is 63.6 Å². The predicted octanol–water partition coefficient (Wildman–Crippen LogP) is 17.4. The molecule has 0 spiro atoms. The predicted molar refractivity (Wildman–Crippen MR) is 295 cm³/mol. The van der Waals surface area contributed by atoms with E-state index in [4.69, 9.17) is 2.74 Å². The highest BCUT2D eigenvalue weighted by Gasteiger charge is 2.38. The number of benzene rings is 6. The van der Waals surface area contributed by atoms with Gasteiger partial charge in [0.05, 0.1) is 0 Å². The van der Waals surface area contributed by atoms with Gasteiger partial charge in [-0.05, 0) is 184 Å². The van der Waals surface area contributed by atoms with Gasteiger partial charge < -0.3 is 0 Å². The Kier molecular flexibility index (Phi) is 11.9. The molecule has 13 rings (SSSR count). The molecule has 5 aliphatic rings. The first kappa shape index (κ1) is 43.0. The lowest BCUT2D eigenvalue weighted by Crippen LogP contribution is -2.32. The molecule has 8 aromatic rings. The molecule has 5 fully saturated rings. The SMILES string of the molecule is [2H]C(C)(C)c1c[n+](C)c(-c2ccccc2C)cc1-c1ccc2cc(C3([2H])CC4CCC3CC4)ccc2c1.[2H]C(C)(C)c1c[n+](C)c(-c2ccccc2C)cc1-c1ccc2cc(C3CC4CCCC4C3)ccc2c1. The molecule has 2 aromatic heterocycles. The van der Waals surface area contributed by atoms with Crippen LogP contribution < -0.4 is 9.13 Å². The van der Waals surface area contributed by atoms with Gasteiger partial charge in [-0.25, -0.2) is 9.13 Å². The average Bonchev–Trinajstić information content (AvgIpc) is 4.00. The second kappa shape index (κ2) is 19.4. The molecular weight excluding hydrogens is 845 g/mol. The monoisotopic (exact) mass is 924 g/mol. The number of aryl methyl sites for hydroxylation is 4. The number of pyridine rings is 2. The van der Waals surface area contributed by atoms with Gasteiger partial charge in [-0.15, -0.1) is 0 Å². The van der Waals surface area contributed by atoms with Gasteiger partial charge in [0.25, 0.3) is 0 Å². The summed E-state index contributed by atoms with van der Waals surface area (Å²) in [6.07, 6.45) is 17.5. The zero-order valence-corrected chi connectivity index (χ0v) is 43.2. The molecule has 0 radical (unpaired) electrons. The Labute approximate surface area is 424 Å². The first-order valence-electron chi connectivity index (χ1n) is 28.2. The zero-order valence-electron chi connectivity index (χ0n) is 46.2. The fourth-order valence-corrected chi connectivity index (χ4v) is 13.5. The quantitative estimate of drug-likeness (QED) is 0.134. The second-order valence-corrected chi connectivity index (χ2v) is 22.5. The maximum Gasteiger partial charge on any atom is 0.213 e. The lowest BCUT2D eigenvalue weighted by atomic mass is 9.63. The summed E-state index contributed by atoms with van der Waals surface area (Å²) in [7, 11) is 4.18. The Bertz CT molecular complexity index is 3370. The number of aromatic nitrogens is 2. The Morgan fingerprint density at radius 1 is 0.471 bits per heavy atom. The zero-order chi connectivity index (χ0) is 51.0. The van der Waals surface area contributed by atoms with Crippen molar-refractivity contribution < 1.29 is 13.2 Å². The highest BCUT2D eigenvalue weighted by Crippen LogP contribution is 2.52. The van der Waals surface area contributed by atoms with Gasteiger partial charge in [0, 0.05) is 38.5 Å². The van der Waals surface area contributed by atoms with E-state index in [1.54, 1.807) is 0 Å². The smallest absolute Gasteiger partial charge is 0.201 e. The van der Waals surface area contributed by atoms with E-state index in [1.807, 2.05) is 27.7 Å². The Hall–Kier alpha value is -5.86. The molecule has 0 saturated heterocycles. The Morgan fingerprint density at radius 3 is 1.40 bits per heavy atom. The summed E-state index contributed by atoms with van der Waals surface area (Å²) in [4.78, 5) is 0. The van der Waals surface area contributed by atoms with Crippen LogP contribution in [0.2, 0.25) is 0 Å². The molecule has 3 atom stereocenters. The number of hydrogen-bond acceptors (Lipinski definition) is 0. The van der Waals surface area contributed by atoms with Crippen LogP contribution >= 0.6 is 0 Å². The van der Waals surface area contributed by atoms with Crippen molar-refractivity contribution in [1.29, 1.82) is 0 Å². The molecule has 2 heterocycles. The molecule has 5 saturated carbocycles. The summed E-state index contributed by atoms with van der Waals surface area (Å²) in [6.45, 7) is 12.2. The van der Waals surface area contributed by atoms with E-state index < -0.39 is 17.7 Å². The maximum atomic E-state index is 9.42. The van der Waals surface area contributed by atoms with Gasteiger partial charge in [-0.3, -0.25) is 0 Å². The lowest BCUT2D eigenvalue weighted by Gasteiger charge is -2.42. The van der Waals surface area contributed by atoms with Crippen LogP contribution in [0.15, 0.2) is 146 Å². The van der Waals surface area contributed by atoms with E-state index in [1.165, 1.54) is 124 Å². The normalized spacial score (nSPS) is 23.7. The van der Waals surface area contributed by atoms with Crippen molar-refractivity contribution in [1.82, 2.24) is 0 Å². The summed E-state index contributed by atoms with van der Waals surface area (Å²) in [5.74, 6) is 2.07. The molecule has 5 aliphatic carbocycles. The van der Waals surface area contributed by atoms with E-state index >= 15 is 0 Å². The van der Waals surface area contributed by atoms with E-state index in [0.29, 0.717) is 5.92 Å². The number of hydrogen-bond donors (Lipinski definition) is 0. The molecule has 0 N–H and O–H groups in total. The van der Waals surface area contributed by atoms with E-state index in [2.05, 4.69) is 183 Å². The van der Waals surface area contributed by atoms with Gasteiger partial charge in [0.1, 0.15) is 14.1 Å². The molecule has 70 heavy (non-hydrogen) atoms. The van der Waals surface area contributed by atoms with Crippen LogP contribution in [0.1, 0.15) is 153 Å². The van der Waals surface area contributed by atoms with Crippen LogP contribution in [0.25, 0.3) is 66.3 Å². The van der Waals surface area contributed by atoms with Crippen LogP contribution in [0, 0.1) is 37.5 Å². The van der Waals surface area contributed by atoms with Crippen molar-refractivity contribution in [3.63, 3.8) is 0 Å². The minimum atomic E-state index is -0.728. The van der Waals surface area contributed by atoms with E-state index in [9.17, 15) is 1.37 Å². The molecule has 2 heteroatoms. The van der Waals surface area contributed by atoms with Crippen LogP contribution in [-0.4, -0.2) is 0 Å². The van der Waals surface area contributed by atoms with Gasteiger partial charge >= 0.3 is 0 Å². The largest absolute Gasteiger partial charge is 0.213 e. The Balaban J connectivity index is 0.000000157. The van der Waals surface area contributed by atoms with Crippen molar-refractivity contribution in [3.05, 3.63) is 179 Å². The molecular formula is C68H76N2+2. The third-order valence-corrected chi connectivity index (χ3v) is 17.5. The van der Waals surface area contributed by atoms with Crippen molar-refractivity contribution in [2.75, 3.05) is 0 Å². The third-order valence-electron chi connectivity index (χ3n) is 17.5. The van der Waals surface area contributed by atoms with Crippen LogP contribution in [-0.2, 0) is 14.1 Å². The van der Waals surface area contributed by atoms with Crippen LogP contribution in [0.4, 0.5) is 0 Å².